The number of rotatable bonds is 3. The summed E-state index contributed by atoms with van der Waals surface area (Å²) < 4.78 is 5.59. The molecule has 0 N–H and O–H groups in total. The first-order valence-corrected chi connectivity index (χ1v) is 6.52. The van der Waals surface area contributed by atoms with Crippen molar-refractivity contribution in [2.45, 2.75) is 17.9 Å². The van der Waals surface area contributed by atoms with Crippen LogP contribution in [0.1, 0.15) is 23.0 Å². The van der Waals surface area contributed by atoms with Crippen molar-refractivity contribution in [2.24, 2.45) is 0 Å². The van der Waals surface area contributed by atoms with Gasteiger partial charge in [0, 0.05) is 24.0 Å². The molecule has 3 atom stereocenters. The maximum absolute atomic E-state index is 5.93. The van der Waals surface area contributed by atoms with Crippen LogP contribution < -0.4 is 0 Å². The quantitative estimate of drug-likeness (QED) is 0.800. The molecule has 0 aliphatic heterocycles. The molecule has 0 spiro atoms. The molecule has 1 aliphatic carbocycles. The summed E-state index contributed by atoms with van der Waals surface area (Å²) in [6.07, 6.45) is 0.286. The third kappa shape index (κ3) is 2.05. The van der Waals surface area contributed by atoms with Crippen LogP contribution in [0, 0.1) is 0 Å². The van der Waals surface area contributed by atoms with Gasteiger partial charge in [-0.1, -0.05) is 54.1 Å². The minimum atomic E-state index is 0.286. The van der Waals surface area contributed by atoms with Crippen molar-refractivity contribution in [3.05, 3.63) is 70.7 Å². The van der Waals surface area contributed by atoms with Crippen LogP contribution in [0.3, 0.4) is 0 Å². The Morgan fingerprint density at radius 1 is 0.833 bits per heavy atom. The zero-order chi connectivity index (χ0) is 12.5. The molecule has 1 nitrogen and oxygen atoms in total. The molecule has 92 valence electrons. The van der Waals surface area contributed by atoms with E-state index in [-0.39, 0.29) is 6.10 Å². The van der Waals surface area contributed by atoms with Gasteiger partial charge in [0.15, 0.2) is 0 Å². The predicted octanol–water partition coefficient (Wildman–Crippen LogP) is 4.24. The van der Waals surface area contributed by atoms with Crippen LogP contribution in [0.4, 0.5) is 0 Å². The average Bonchev–Trinajstić information content (AvgIpc) is 3.15. The molecule has 1 aliphatic rings. The maximum atomic E-state index is 5.93. The maximum Gasteiger partial charge on any atom is 0.0721 e. The van der Waals surface area contributed by atoms with E-state index in [0.29, 0.717) is 11.8 Å². The summed E-state index contributed by atoms with van der Waals surface area (Å²) in [4.78, 5) is 0. The van der Waals surface area contributed by atoms with Gasteiger partial charge in [0.05, 0.1) is 6.10 Å². The third-order valence-electron chi connectivity index (χ3n) is 3.67. The number of benzene rings is 2. The minimum Gasteiger partial charge on any atom is -0.380 e. The van der Waals surface area contributed by atoms with Crippen LogP contribution in [0.25, 0.3) is 0 Å². The lowest BCUT2D eigenvalue weighted by molar-refractivity contribution is 0.173. The summed E-state index contributed by atoms with van der Waals surface area (Å²) in [5, 5.41) is 0.782. The molecule has 1 saturated carbocycles. The van der Waals surface area contributed by atoms with Crippen molar-refractivity contribution in [1.29, 1.82) is 0 Å². The Bertz CT molecular complexity index is 521. The SMILES string of the molecule is COC1[C@@H](c2ccccc2)[C@@H]1c1ccc(Cl)cc1. The van der Waals surface area contributed by atoms with Gasteiger partial charge in [0.2, 0.25) is 0 Å². The van der Waals surface area contributed by atoms with Crippen LogP contribution in [-0.4, -0.2) is 13.2 Å². The molecule has 1 unspecified atom stereocenters. The molecule has 3 rings (SSSR count). The number of methoxy groups -OCH3 is 1. The minimum absolute atomic E-state index is 0.286. The van der Waals surface area contributed by atoms with Gasteiger partial charge in [-0.05, 0) is 23.3 Å². The molecule has 0 amide bonds. The van der Waals surface area contributed by atoms with Gasteiger partial charge in [-0.3, -0.25) is 0 Å². The molecule has 0 saturated heterocycles. The van der Waals surface area contributed by atoms with E-state index in [2.05, 4.69) is 36.4 Å². The average molecular weight is 259 g/mol. The summed E-state index contributed by atoms with van der Waals surface area (Å²) in [6, 6.07) is 18.7. The number of ether oxygens (including phenoxy) is 1. The molecule has 2 aromatic carbocycles. The highest BCUT2D eigenvalue weighted by Gasteiger charge is 2.52. The molecule has 2 aromatic rings. The second kappa shape index (κ2) is 4.75. The van der Waals surface area contributed by atoms with Crippen molar-refractivity contribution in [2.75, 3.05) is 7.11 Å². The Balaban J connectivity index is 1.87. The van der Waals surface area contributed by atoms with E-state index in [4.69, 9.17) is 16.3 Å². The Hall–Kier alpha value is -1.31. The Labute approximate surface area is 112 Å². The lowest BCUT2D eigenvalue weighted by Gasteiger charge is -2.00. The third-order valence-corrected chi connectivity index (χ3v) is 3.92. The fourth-order valence-electron chi connectivity index (χ4n) is 2.73. The Kier molecular flexibility index (Phi) is 3.11. The van der Waals surface area contributed by atoms with Gasteiger partial charge in [0.1, 0.15) is 0 Å². The first kappa shape index (κ1) is 11.8. The first-order chi connectivity index (χ1) is 8.81. The lowest BCUT2D eigenvalue weighted by Crippen LogP contribution is -1.91. The van der Waals surface area contributed by atoms with E-state index in [0.717, 1.165) is 5.02 Å². The second-order valence-corrected chi connectivity index (χ2v) is 5.15. The van der Waals surface area contributed by atoms with E-state index in [9.17, 15) is 0 Å². The molecule has 0 radical (unpaired) electrons. The van der Waals surface area contributed by atoms with Gasteiger partial charge in [-0.15, -0.1) is 0 Å². The van der Waals surface area contributed by atoms with Gasteiger partial charge < -0.3 is 4.74 Å². The summed E-state index contributed by atoms with van der Waals surface area (Å²) in [5.74, 6) is 0.923. The topological polar surface area (TPSA) is 9.23 Å². The second-order valence-electron chi connectivity index (χ2n) is 4.71. The molecule has 0 heterocycles. The molecule has 18 heavy (non-hydrogen) atoms. The van der Waals surface area contributed by atoms with Crippen molar-refractivity contribution < 1.29 is 4.74 Å². The van der Waals surface area contributed by atoms with Gasteiger partial charge in [-0.2, -0.15) is 0 Å². The zero-order valence-corrected chi connectivity index (χ0v) is 11.0. The van der Waals surface area contributed by atoms with E-state index in [1.54, 1.807) is 7.11 Å². The lowest BCUT2D eigenvalue weighted by atomic mass is 10.0. The summed E-state index contributed by atoms with van der Waals surface area (Å²) >= 11 is 5.93. The van der Waals surface area contributed by atoms with Gasteiger partial charge in [0.25, 0.3) is 0 Å². The zero-order valence-electron chi connectivity index (χ0n) is 10.2. The smallest absolute Gasteiger partial charge is 0.0721 e. The number of hydrogen-bond donors (Lipinski definition) is 0. The normalized spacial score (nSPS) is 26.0. The Morgan fingerprint density at radius 3 is 1.94 bits per heavy atom. The largest absolute Gasteiger partial charge is 0.380 e. The summed E-state index contributed by atoms with van der Waals surface area (Å²) in [5.41, 5.74) is 2.66. The van der Waals surface area contributed by atoms with Crippen LogP contribution in [0.15, 0.2) is 54.6 Å². The highest BCUT2D eigenvalue weighted by molar-refractivity contribution is 6.30. The summed E-state index contributed by atoms with van der Waals surface area (Å²) in [6.45, 7) is 0. The van der Waals surface area contributed by atoms with Crippen molar-refractivity contribution in [3.63, 3.8) is 0 Å². The first-order valence-electron chi connectivity index (χ1n) is 6.14. The monoisotopic (exact) mass is 258 g/mol. The van der Waals surface area contributed by atoms with Crippen LogP contribution in [-0.2, 0) is 4.74 Å². The van der Waals surface area contributed by atoms with E-state index in [1.165, 1.54) is 11.1 Å². The number of halogens is 1. The highest BCUT2D eigenvalue weighted by Crippen LogP contribution is 2.56. The molecule has 1 fully saturated rings. The van der Waals surface area contributed by atoms with Gasteiger partial charge >= 0.3 is 0 Å². The highest BCUT2D eigenvalue weighted by atomic mass is 35.5. The van der Waals surface area contributed by atoms with Crippen LogP contribution in [0.2, 0.25) is 5.02 Å². The molecule has 0 aromatic heterocycles. The molecule has 0 bridgehead atoms. The van der Waals surface area contributed by atoms with Crippen molar-refractivity contribution in [1.82, 2.24) is 0 Å². The molecule has 2 heteroatoms. The van der Waals surface area contributed by atoms with Gasteiger partial charge in [-0.25, -0.2) is 0 Å². The molecular weight excluding hydrogens is 244 g/mol. The van der Waals surface area contributed by atoms with E-state index < -0.39 is 0 Å². The predicted molar refractivity (Wildman–Crippen MR) is 74.2 cm³/mol. The van der Waals surface area contributed by atoms with Crippen molar-refractivity contribution in [3.8, 4) is 0 Å². The summed E-state index contributed by atoms with van der Waals surface area (Å²) in [7, 11) is 1.79. The van der Waals surface area contributed by atoms with E-state index in [1.807, 2.05) is 18.2 Å². The Morgan fingerprint density at radius 2 is 1.39 bits per heavy atom. The van der Waals surface area contributed by atoms with Crippen LogP contribution in [0.5, 0.6) is 0 Å². The fraction of sp³-hybridized carbons (Fsp3) is 0.250. The fourth-order valence-corrected chi connectivity index (χ4v) is 2.86. The van der Waals surface area contributed by atoms with Crippen molar-refractivity contribution >= 4 is 11.6 Å². The standard InChI is InChI=1S/C16H15ClO/c1-18-16-14(11-5-3-2-4-6-11)15(16)12-7-9-13(17)10-8-12/h2-10,14-16H,1H3/t14-,15-,16?/m0/s1. The van der Waals surface area contributed by atoms with Crippen LogP contribution >= 0.6 is 11.6 Å². The molecular formula is C16H15ClO. The van der Waals surface area contributed by atoms with E-state index >= 15 is 0 Å². The number of hydrogen-bond acceptors (Lipinski definition) is 1.